The SMILES string of the molecule is CC(C)c1nc(Cn2ccc3c(C#N)cccc32)cs1. The first-order valence-corrected chi connectivity index (χ1v) is 7.49. The molecule has 2 heterocycles. The van der Waals surface area contributed by atoms with Crippen LogP contribution in [-0.2, 0) is 6.54 Å². The van der Waals surface area contributed by atoms with E-state index in [0.29, 0.717) is 5.92 Å². The van der Waals surface area contributed by atoms with Crippen molar-refractivity contribution in [3.8, 4) is 6.07 Å². The second kappa shape index (κ2) is 5.10. The van der Waals surface area contributed by atoms with E-state index in [1.165, 1.54) is 5.01 Å². The molecule has 1 aromatic carbocycles. The second-order valence-electron chi connectivity index (χ2n) is 5.13. The van der Waals surface area contributed by atoms with Gasteiger partial charge in [-0.2, -0.15) is 5.26 Å². The quantitative estimate of drug-likeness (QED) is 0.724. The Morgan fingerprint density at radius 1 is 1.35 bits per heavy atom. The summed E-state index contributed by atoms with van der Waals surface area (Å²) in [6, 6.07) is 10.1. The molecular formula is C16H15N3S. The number of rotatable bonds is 3. The Labute approximate surface area is 122 Å². The molecule has 100 valence electrons. The largest absolute Gasteiger partial charge is 0.341 e. The highest BCUT2D eigenvalue weighted by Gasteiger charge is 2.09. The lowest BCUT2D eigenvalue weighted by atomic mass is 10.1. The van der Waals surface area contributed by atoms with E-state index >= 15 is 0 Å². The number of hydrogen-bond acceptors (Lipinski definition) is 3. The van der Waals surface area contributed by atoms with Crippen LogP contribution in [0.15, 0.2) is 35.8 Å². The van der Waals surface area contributed by atoms with E-state index in [-0.39, 0.29) is 0 Å². The normalized spacial score (nSPS) is 11.1. The monoisotopic (exact) mass is 281 g/mol. The summed E-state index contributed by atoms with van der Waals surface area (Å²) in [4.78, 5) is 4.67. The molecule has 0 bridgehead atoms. The Hall–Kier alpha value is -2.12. The molecule has 20 heavy (non-hydrogen) atoms. The fourth-order valence-corrected chi connectivity index (χ4v) is 3.12. The fourth-order valence-electron chi connectivity index (χ4n) is 2.29. The van der Waals surface area contributed by atoms with Gasteiger partial charge in [0.25, 0.3) is 0 Å². The Balaban J connectivity index is 1.97. The predicted molar refractivity (Wildman–Crippen MR) is 82.0 cm³/mol. The Morgan fingerprint density at radius 3 is 2.90 bits per heavy atom. The van der Waals surface area contributed by atoms with Crippen LogP contribution in [0.5, 0.6) is 0 Å². The molecule has 4 heteroatoms. The molecule has 0 unspecified atom stereocenters. The highest BCUT2D eigenvalue weighted by Crippen LogP contribution is 2.23. The van der Waals surface area contributed by atoms with E-state index < -0.39 is 0 Å². The summed E-state index contributed by atoms with van der Waals surface area (Å²) >= 11 is 1.72. The smallest absolute Gasteiger partial charge is 0.0998 e. The molecule has 0 aliphatic heterocycles. The average molecular weight is 281 g/mol. The van der Waals surface area contributed by atoms with Crippen molar-refractivity contribution in [2.75, 3.05) is 0 Å². The van der Waals surface area contributed by atoms with Crippen molar-refractivity contribution in [1.82, 2.24) is 9.55 Å². The second-order valence-corrected chi connectivity index (χ2v) is 6.02. The minimum absolute atomic E-state index is 0.473. The van der Waals surface area contributed by atoms with Crippen molar-refractivity contribution < 1.29 is 0 Å². The van der Waals surface area contributed by atoms with Crippen LogP contribution in [0.1, 0.15) is 36.0 Å². The highest BCUT2D eigenvalue weighted by molar-refractivity contribution is 7.09. The minimum atomic E-state index is 0.473. The van der Waals surface area contributed by atoms with Crippen molar-refractivity contribution >= 4 is 22.2 Å². The number of thiazole rings is 1. The number of benzene rings is 1. The summed E-state index contributed by atoms with van der Waals surface area (Å²) < 4.78 is 2.15. The van der Waals surface area contributed by atoms with Crippen molar-refractivity contribution in [2.45, 2.75) is 26.3 Å². The molecule has 3 aromatic rings. The van der Waals surface area contributed by atoms with Crippen LogP contribution in [0.25, 0.3) is 10.9 Å². The molecule has 0 saturated carbocycles. The van der Waals surface area contributed by atoms with Gasteiger partial charge in [0.2, 0.25) is 0 Å². The molecule has 0 fully saturated rings. The van der Waals surface area contributed by atoms with Crippen LogP contribution in [0.4, 0.5) is 0 Å². The molecule has 0 aliphatic carbocycles. The van der Waals surface area contributed by atoms with E-state index in [4.69, 9.17) is 5.26 Å². The van der Waals surface area contributed by atoms with Gasteiger partial charge in [0.1, 0.15) is 0 Å². The first-order chi connectivity index (χ1) is 9.69. The zero-order chi connectivity index (χ0) is 14.1. The highest BCUT2D eigenvalue weighted by atomic mass is 32.1. The zero-order valence-electron chi connectivity index (χ0n) is 11.5. The van der Waals surface area contributed by atoms with E-state index in [2.05, 4.69) is 34.8 Å². The Morgan fingerprint density at radius 2 is 2.20 bits per heavy atom. The number of hydrogen-bond donors (Lipinski definition) is 0. The Kier molecular flexibility index (Phi) is 3.29. The lowest BCUT2D eigenvalue weighted by molar-refractivity contribution is 0.787. The number of aromatic nitrogens is 2. The minimum Gasteiger partial charge on any atom is -0.341 e. The molecule has 0 atom stereocenters. The Bertz CT molecular complexity index is 790. The third-order valence-corrected chi connectivity index (χ3v) is 4.52. The molecule has 0 saturated heterocycles. The van der Waals surface area contributed by atoms with Crippen molar-refractivity contribution in [2.24, 2.45) is 0 Å². The van der Waals surface area contributed by atoms with Crippen molar-refractivity contribution in [3.63, 3.8) is 0 Å². The number of fused-ring (bicyclic) bond motifs is 1. The van der Waals surface area contributed by atoms with Gasteiger partial charge in [-0.15, -0.1) is 11.3 Å². The number of nitriles is 1. The van der Waals surface area contributed by atoms with Crippen LogP contribution < -0.4 is 0 Å². The maximum Gasteiger partial charge on any atom is 0.0998 e. The van der Waals surface area contributed by atoms with Crippen LogP contribution in [0.3, 0.4) is 0 Å². The maximum absolute atomic E-state index is 9.13. The van der Waals surface area contributed by atoms with Crippen LogP contribution in [0.2, 0.25) is 0 Å². The molecule has 3 nitrogen and oxygen atoms in total. The van der Waals surface area contributed by atoms with Crippen LogP contribution in [0, 0.1) is 11.3 Å². The topological polar surface area (TPSA) is 41.6 Å². The summed E-state index contributed by atoms with van der Waals surface area (Å²) in [5.74, 6) is 0.473. The summed E-state index contributed by atoms with van der Waals surface area (Å²) in [7, 11) is 0. The molecule has 0 aliphatic rings. The molecule has 0 spiro atoms. The first kappa shape index (κ1) is 12.9. The van der Waals surface area contributed by atoms with Crippen LogP contribution >= 0.6 is 11.3 Å². The van der Waals surface area contributed by atoms with Gasteiger partial charge in [0, 0.05) is 28.4 Å². The average Bonchev–Trinajstić information content (AvgIpc) is 3.06. The van der Waals surface area contributed by atoms with E-state index in [1.807, 2.05) is 30.5 Å². The van der Waals surface area contributed by atoms with Gasteiger partial charge in [0.15, 0.2) is 0 Å². The lowest BCUT2D eigenvalue weighted by Crippen LogP contribution is -1.99. The van der Waals surface area contributed by atoms with Gasteiger partial charge in [0.05, 0.1) is 28.9 Å². The molecule has 0 N–H and O–H groups in total. The fraction of sp³-hybridized carbons (Fsp3) is 0.250. The van der Waals surface area contributed by atoms with Gasteiger partial charge < -0.3 is 4.57 Å². The van der Waals surface area contributed by atoms with Crippen LogP contribution in [-0.4, -0.2) is 9.55 Å². The van der Waals surface area contributed by atoms with E-state index in [0.717, 1.165) is 28.7 Å². The third kappa shape index (κ3) is 2.21. The first-order valence-electron chi connectivity index (χ1n) is 6.61. The van der Waals surface area contributed by atoms with Crippen molar-refractivity contribution in [3.05, 3.63) is 52.1 Å². The van der Waals surface area contributed by atoms with Gasteiger partial charge in [-0.05, 0) is 18.2 Å². The lowest BCUT2D eigenvalue weighted by Gasteiger charge is -2.03. The predicted octanol–water partition coefficient (Wildman–Crippen LogP) is 4.14. The molecular weight excluding hydrogens is 266 g/mol. The zero-order valence-corrected chi connectivity index (χ0v) is 12.3. The third-order valence-electron chi connectivity index (χ3n) is 3.33. The van der Waals surface area contributed by atoms with Gasteiger partial charge >= 0.3 is 0 Å². The summed E-state index contributed by atoms with van der Waals surface area (Å²) in [6.07, 6.45) is 2.03. The maximum atomic E-state index is 9.13. The summed E-state index contributed by atoms with van der Waals surface area (Å²) in [5.41, 5.74) is 2.89. The van der Waals surface area contributed by atoms with E-state index in [1.54, 1.807) is 11.3 Å². The summed E-state index contributed by atoms with van der Waals surface area (Å²) in [6.45, 7) is 5.07. The summed E-state index contributed by atoms with van der Waals surface area (Å²) in [5, 5.41) is 13.4. The van der Waals surface area contributed by atoms with Gasteiger partial charge in [-0.25, -0.2) is 4.98 Å². The van der Waals surface area contributed by atoms with Gasteiger partial charge in [-0.3, -0.25) is 0 Å². The molecule has 2 aromatic heterocycles. The number of nitrogens with zero attached hydrogens (tertiary/aromatic N) is 3. The molecule has 3 rings (SSSR count). The van der Waals surface area contributed by atoms with Gasteiger partial charge in [-0.1, -0.05) is 19.9 Å². The molecule has 0 radical (unpaired) electrons. The van der Waals surface area contributed by atoms with E-state index in [9.17, 15) is 0 Å². The van der Waals surface area contributed by atoms with Crippen molar-refractivity contribution in [1.29, 1.82) is 5.26 Å². The molecule has 0 amide bonds. The standard InChI is InChI=1S/C16H15N3S/c1-11(2)16-18-13(10-20-16)9-19-7-6-14-12(8-17)4-3-5-15(14)19/h3-7,10-11H,9H2,1-2H3.